The van der Waals surface area contributed by atoms with Crippen LogP contribution in [-0.4, -0.2) is 5.91 Å². The molecule has 2 aromatic rings. The van der Waals surface area contributed by atoms with E-state index in [1.807, 2.05) is 6.07 Å². The van der Waals surface area contributed by atoms with Crippen molar-refractivity contribution < 1.29 is 4.79 Å². The van der Waals surface area contributed by atoms with Gasteiger partial charge in [0, 0.05) is 23.6 Å². The van der Waals surface area contributed by atoms with Crippen molar-refractivity contribution in [2.24, 2.45) is 0 Å². The Balaban J connectivity index is 1.95. The molecule has 2 heteroatoms. The third-order valence-corrected chi connectivity index (χ3v) is 4.60. The molecule has 2 aliphatic rings. The first-order chi connectivity index (χ1) is 10.3. The molecule has 1 unspecified atom stereocenters. The SMILES string of the molecule is Cc1ccccc1C1C2=C(NC(=O)CC2)c2ccccc21. The van der Waals surface area contributed by atoms with E-state index < -0.39 is 0 Å². The van der Waals surface area contributed by atoms with Crippen molar-refractivity contribution >= 4 is 11.6 Å². The molecule has 1 atom stereocenters. The number of allylic oxidation sites excluding steroid dienone is 1. The Kier molecular flexibility index (Phi) is 2.71. The standard InChI is InChI=1S/C19H17NO/c1-12-6-2-3-7-13(12)18-14-8-4-5-9-15(14)19-16(18)10-11-17(21)20-19/h2-9,18H,10-11H2,1H3,(H,20,21). The van der Waals surface area contributed by atoms with Crippen LogP contribution < -0.4 is 5.32 Å². The predicted molar refractivity (Wildman–Crippen MR) is 83.8 cm³/mol. The third-order valence-electron chi connectivity index (χ3n) is 4.60. The maximum absolute atomic E-state index is 11.8. The van der Waals surface area contributed by atoms with E-state index in [1.165, 1.54) is 27.8 Å². The fraction of sp³-hybridized carbons (Fsp3) is 0.211. The molecule has 2 aromatic carbocycles. The molecule has 104 valence electrons. The van der Waals surface area contributed by atoms with Crippen LogP contribution in [0.4, 0.5) is 0 Å². The Labute approximate surface area is 124 Å². The van der Waals surface area contributed by atoms with Crippen molar-refractivity contribution in [2.45, 2.75) is 25.7 Å². The Morgan fingerprint density at radius 2 is 1.67 bits per heavy atom. The number of hydrogen-bond donors (Lipinski definition) is 1. The maximum atomic E-state index is 11.8. The normalized spacial score (nSPS) is 20.0. The van der Waals surface area contributed by atoms with Crippen LogP contribution in [0.5, 0.6) is 0 Å². The number of fused-ring (bicyclic) bond motifs is 2. The molecule has 1 heterocycles. The van der Waals surface area contributed by atoms with Crippen LogP contribution in [-0.2, 0) is 4.79 Å². The van der Waals surface area contributed by atoms with Gasteiger partial charge in [-0.15, -0.1) is 0 Å². The van der Waals surface area contributed by atoms with Gasteiger partial charge in [0.15, 0.2) is 0 Å². The Morgan fingerprint density at radius 3 is 2.48 bits per heavy atom. The van der Waals surface area contributed by atoms with Crippen molar-refractivity contribution in [3.8, 4) is 0 Å². The minimum absolute atomic E-state index is 0.133. The average Bonchev–Trinajstić information content (AvgIpc) is 2.82. The molecule has 0 aromatic heterocycles. The van der Waals surface area contributed by atoms with Crippen LogP contribution in [0, 0.1) is 6.92 Å². The van der Waals surface area contributed by atoms with Gasteiger partial charge in [-0.3, -0.25) is 4.79 Å². The first-order valence-electron chi connectivity index (χ1n) is 7.43. The lowest BCUT2D eigenvalue weighted by molar-refractivity contribution is -0.120. The number of carbonyl (C=O) groups excluding carboxylic acids is 1. The van der Waals surface area contributed by atoms with Crippen molar-refractivity contribution in [1.29, 1.82) is 0 Å². The van der Waals surface area contributed by atoms with E-state index in [1.54, 1.807) is 0 Å². The molecule has 1 amide bonds. The van der Waals surface area contributed by atoms with E-state index in [0.29, 0.717) is 6.42 Å². The second kappa shape index (κ2) is 4.59. The maximum Gasteiger partial charge on any atom is 0.224 e. The van der Waals surface area contributed by atoms with E-state index in [2.05, 4.69) is 54.7 Å². The van der Waals surface area contributed by atoms with Crippen LogP contribution in [0.2, 0.25) is 0 Å². The zero-order valence-corrected chi connectivity index (χ0v) is 12.0. The summed E-state index contributed by atoms with van der Waals surface area (Å²) in [6.45, 7) is 2.16. The molecule has 1 aliphatic heterocycles. The van der Waals surface area contributed by atoms with Crippen LogP contribution >= 0.6 is 0 Å². The summed E-state index contributed by atoms with van der Waals surface area (Å²) in [6, 6.07) is 17.0. The summed E-state index contributed by atoms with van der Waals surface area (Å²) >= 11 is 0. The van der Waals surface area contributed by atoms with Gasteiger partial charge in [0.1, 0.15) is 0 Å². The minimum Gasteiger partial charge on any atom is -0.326 e. The monoisotopic (exact) mass is 275 g/mol. The molecule has 0 fully saturated rings. The number of aryl methyl sites for hydroxylation is 1. The highest BCUT2D eigenvalue weighted by Crippen LogP contribution is 2.48. The zero-order chi connectivity index (χ0) is 14.4. The fourth-order valence-corrected chi connectivity index (χ4v) is 3.61. The summed E-state index contributed by atoms with van der Waals surface area (Å²) in [5, 5.41) is 3.09. The van der Waals surface area contributed by atoms with Crippen molar-refractivity contribution in [3.05, 3.63) is 76.4 Å². The number of benzene rings is 2. The summed E-state index contributed by atoms with van der Waals surface area (Å²) in [7, 11) is 0. The number of nitrogens with one attached hydrogen (secondary N) is 1. The summed E-state index contributed by atoms with van der Waals surface area (Å²) in [4.78, 5) is 11.8. The Bertz CT molecular complexity index is 773. The Morgan fingerprint density at radius 1 is 0.952 bits per heavy atom. The second-order valence-corrected chi connectivity index (χ2v) is 5.83. The van der Waals surface area contributed by atoms with Crippen LogP contribution in [0.15, 0.2) is 54.1 Å². The van der Waals surface area contributed by atoms with Gasteiger partial charge in [-0.2, -0.15) is 0 Å². The summed E-state index contributed by atoms with van der Waals surface area (Å²) < 4.78 is 0. The van der Waals surface area contributed by atoms with Crippen molar-refractivity contribution in [2.75, 3.05) is 0 Å². The lowest BCUT2D eigenvalue weighted by Gasteiger charge is -2.22. The molecule has 0 saturated heterocycles. The number of carbonyl (C=O) groups is 1. The molecule has 2 nitrogen and oxygen atoms in total. The Hall–Kier alpha value is -2.35. The van der Waals surface area contributed by atoms with Gasteiger partial charge >= 0.3 is 0 Å². The van der Waals surface area contributed by atoms with Gasteiger partial charge in [-0.1, -0.05) is 48.5 Å². The molecular weight excluding hydrogens is 258 g/mol. The van der Waals surface area contributed by atoms with Gasteiger partial charge in [0.05, 0.1) is 0 Å². The highest BCUT2D eigenvalue weighted by atomic mass is 16.1. The van der Waals surface area contributed by atoms with Crippen LogP contribution in [0.25, 0.3) is 5.70 Å². The largest absolute Gasteiger partial charge is 0.326 e. The quantitative estimate of drug-likeness (QED) is 0.843. The average molecular weight is 275 g/mol. The number of rotatable bonds is 1. The number of amides is 1. The van der Waals surface area contributed by atoms with E-state index in [4.69, 9.17) is 0 Å². The van der Waals surface area contributed by atoms with E-state index in [0.717, 1.165) is 12.1 Å². The fourth-order valence-electron chi connectivity index (χ4n) is 3.61. The third kappa shape index (κ3) is 1.83. The van der Waals surface area contributed by atoms with Crippen molar-refractivity contribution in [3.63, 3.8) is 0 Å². The highest BCUT2D eigenvalue weighted by Gasteiger charge is 2.35. The lowest BCUT2D eigenvalue weighted by Crippen LogP contribution is -2.26. The molecule has 0 bridgehead atoms. The summed E-state index contributed by atoms with van der Waals surface area (Å²) in [5.41, 5.74) is 7.59. The van der Waals surface area contributed by atoms with E-state index in [-0.39, 0.29) is 11.8 Å². The van der Waals surface area contributed by atoms with Crippen LogP contribution in [0.1, 0.15) is 41.0 Å². The molecule has 0 spiro atoms. The molecule has 1 aliphatic carbocycles. The second-order valence-electron chi connectivity index (χ2n) is 5.83. The number of hydrogen-bond acceptors (Lipinski definition) is 1. The highest BCUT2D eigenvalue weighted by molar-refractivity contribution is 5.94. The van der Waals surface area contributed by atoms with Crippen molar-refractivity contribution in [1.82, 2.24) is 5.32 Å². The molecule has 0 saturated carbocycles. The van der Waals surface area contributed by atoms with Gasteiger partial charge in [0.25, 0.3) is 0 Å². The van der Waals surface area contributed by atoms with Gasteiger partial charge in [-0.25, -0.2) is 0 Å². The smallest absolute Gasteiger partial charge is 0.224 e. The van der Waals surface area contributed by atoms with Crippen LogP contribution in [0.3, 0.4) is 0 Å². The van der Waals surface area contributed by atoms with Gasteiger partial charge in [-0.05, 0) is 35.6 Å². The molecule has 1 N–H and O–H groups in total. The summed E-state index contributed by atoms with van der Waals surface area (Å²) in [6.07, 6.45) is 1.45. The summed E-state index contributed by atoms with van der Waals surface area (Å²) in [5.74, 6) is 0.423. The zero-order valence-electron chi connectivity index (χ0n) is 12.0. The van der Waals surface area contributed by atoms with Gasteiger partial charge < -0.3 is 5.32 Å². The molecule has 4 rings (SSSR count). The first-order valence-corrected chi connectivity index (χ1v) is 7.43. The lowest BCUT2D eigenvalue weighted by atomic mass is 9.84. The van der Waals surface area contributed by atoms with E-state index >= 15 is 0 Å². The molecular formula is C19H17NO. The first kappa shape index (κ1) is 12.4. The minimum atomic E-state index is 0.133. The van der Waals surface area contributed by atoms with Gasteiger partial charge in [0.2, 0.25) is 5.91 Å². The molecule has 0 radical (unpaired) electrons. The predicted octanol–water partition coefficient (Wildman–Crippen LogP) is 3.76. The molecule has 21 heavy (non-hydrogen) atoms. The topological polar surface area (TPSA) is 29.1 Å². The van der Waals surface area contributed by atoms with E-state index in [9.17, 15) is 4.79 Å².